The highest BCUT2D eigenvalue weighted by atomic mass is 32.1. The molecule has 2 rings (SSSR count). The summed E-state index contributed by atoms with van der Waals surface area (Å²) in [6.45, 7) is 0. The predicted octanol–water partition coefficient (Wildman–Crippen LogP) is 1.60. The van der Waals surface area contributed by atoms with Gasteiger partial charge in [0.2, 0.25) is 5.88 Å². The molecule has 2 aromatic rings. The molecule has 1 atom stereocenters. The van der Waals surface area contributed by atoms with E-state index in [4.69, 9.17) is 15.2 Å². The van der Waals surface area contributed by atoms with Gasteiger partial charge in [-0.1, -0.05) is 0 Å². The first kappa shape index (κ1) is 11.8. The molecule has 17 heavy (non-hydrogen) atoms. The summed E-state index contributed by atoms with van der Waals surface area (Å²) in [4.78, 5) is 9.25. The number of ether oxygens (including phenoxy) is 2. The topological polar surface area (TPSA) is 70.3 Å². The molecule has 0 aromatic carbocycles. The Morgan fingerprint density at radius 1 is 1.24 bits per heavy atom. The van der Waals surface area contributed by atoms with Gasteiger partial charge in [-0.3, -0.25) is 4.98 Å². The van der Waals surface area contributed by atoms with Crippen LogP contribution < -0.4 is 15.2 Å². The van der Waals surface area contributed by atoms with Crippen molar-refractivity contribution in [3.63, 3.8) is 0 Å². The second-order valence-electron chi connectivity index (χ2n) is 3.32. The van der Waals surface area contributed by atoms with E-state index in [1.165, 1.54) is 11.3 Å². The maximum absolute atomic E-state index is 6.13. The Morgan fingerprint density at radius 2 is 2.00 bits per heavy atom. The molecule has 0 aliphatic heterocycles. The Hall–Kier alpha value is -1.66. The van der Waals surface area contributed by atoms with Gasteiger partial charge >= 0.3 is 0 Å². The molecule has 0 saturated heterocycles. The number of hydrogen-bond acceptors (Lipinski definition) is 6. The third kappa shape index (κ3) is 2.37. The van der Waals surface area contributed by atoms with Crippen molar-refractivity contribution in [1.29, 1.82) is 0 Å². The second-order valence-corrected chi connectivity index (χ2v) is 4.26. The van der Waals surface area contributed by atoms with Crippen molar-refractivity contribution in [2.45, 2.75) is 6.04 Å². The van der Waals surface area contributed by atoms with E-state index in [9.17, 15) is 0 Å². The van der Waals surface area contributed by atoms with Gasteiger partial charge in [-0.2, -0.15) is 0 Å². The Bertz CT molecular complexity index is 501. The third-order valence-electron chi connectivity index (χ3n) is 2.32. The Kier molecular flexibility index (Phi) is 3.55. The average Bonchev–Trinajstić information content (AvgIpc) is 2.86. The Labute approximate surface area is 103 Å². The van der Waals surface area contributed by atoms with Crippen LogP contribution in [-0.4, -0.2) is 24.2 Å². The number of methoxy groups -OCH3 is 2. The maximum atomic E-state index is 6.13. The van der Waals surface area contributed by atoms with Crippen LogP contribution in [0.1, 0.15) is 16.6 Å². The van der Waals surface area contributed by atoms with Gasteiger partial charge in [0, 0.05) is 22.7 Å². The highest BCUT2D eigenvalue weighted by molar-refractivity contribution is 7.10. The van der Waals surface area contributed by atoms with E-state index in [0.717, 1.165) is 10.6 Å². The van der Waals surface area contributed by atoms with Crippen molar-refractivity contribution >= 4 is 11.3 Å². The molecule has 2 N–H and O–H groups in total. The summed E-state index contributed by atoms with van der Waals surface area (Å²) < 4.78 is 10.3. The van der Waals surface area contributed by atoms with E-state index in [1.807, 2.05) is 11.4 Å². The van der Waals surface area contributed by atoms with Crippen molar-refractivity contribution in [1.82, 2.24) is 9.97 Å². The predicted molar refractivity (Wildman–Crippen MR) is 65.5 cm³/mol. The summed E-state index contributed by atoms with van der Waals surface area (Å²) in [6.07, 6.45) is 3.17. The zero-order valence-electron chi connectivity index (χ0n) is 9.58. The lowest BCUT2D eigenvalue weighted by atomic mass is 10.2. The minimum atomic E-state index is -0.354. The fourth-order valence-electron chi connectivity index (χ4n) is 1.45. The standard InChI is InChI=1S/C11H13N3O2S/c1-15-7-5-8(17-6-7)9(12)10-11(16-2)14-4-3-13-10/h3-6,9H,12H2,1-2H3. The molecule has 0 aliphatic carbocycles. The van der Waals surface area contributed by atoms with E-state index in [-0.39, 0.29) is 6.04 Å². The number of hydrogen-bond donors (Lipinski definition) is 1. The van der Waals surface area contributed by atoms with E-state index < -0.39 is 0 Å². The van der Waals surface area contributed by atoms with Crippen LogP contribution in [0.25, 0.3) is 0 Å². The molecular formula is C11H13N3O2S. The van der Waals surface area contributed by atoms with E-state index in [0.29, 0.717) is 11.6 Å². The van der Waals surface area contributed by atoms with Crippen molar-refractivity contribution in [2.24, 2.45) is 5.73 Å². The number of rotatable bonds is 4. The highest BCUT2D eigenvalue weighted by Crippen LogP contribution is 2.31. The SMILES string of the molecule is COc1csc(C(N)c2nccnc2OC)c1. The summed E-state index contributed by atoms with van der Waals surface area (Å²) >= 11 is 1.52. The molecule has 0 spiro atoms. The molecule has 0 aliphatic rings. The summed E-state index contributed by atoms with van der Waals surface area (Å²) in [7, 11) is 3.18. The zero-order valence-corrected chi connectivity index (χ0v) is 10.4. The Morgan fingerprint density at radius 3 is 2.65 bits per heavy atom. The Balaban J connectivity index is 2.32. The van der Waals surface area contributed by atoms with Crippen molar-refractivity contribution in [3.8, 4) is 11.6 Å². The smallest absolute Gasteiger partial charge is 0.237 e. The average molecular weight is 251 g/mol. The van der Waals surface area contributed by atoms with Gasteiger partial charge < -0.3 is 15.2 Å². The minimum absolute atomic E-state index is 0.354. The highest BCUT2D eigenvalue weighted by Gasteiger charge is 2.18. The van der Waals surface area contributed by atoms with Crippen LogP contribution in [0.3, 0.4) is 0 Å². The second kappa shape index (κ2) is 5.11. The van der Waals surface area contributed by atoms with Gasteiger partial charge in [0.15, 0.2) is 0 Å². The molecule has 1 unspecified atom stereocenters. The van der Waals surface area contributed by atoms with Gasteiger partial charge in [-0.25, -0.2) is 4.98 Å². The minimum Gasteiger partial charge on any atom is -0.496 e. The van der Waals surface area contributed by atoms with E-state index in [2.05, 4.69) is 9.97 Å². The molecular weight excluding hydrogens is 238 g/mol. The quantitative estimate of drug-likeness (QED) is 0.893. The number of aromatic nitrogens is 2. The summed E-state index contributed by atoms with van der Waals surface area (Å²) in [5.74, 6) is 1.25. The first-order valence-corrected chi connectivity index (χ1v) is 5.87. The van der Waals surface area contributed by atoms with Crippen LogP contribution in [0.4, 0.5) is 0 Å². The lowest BCUT2D eigenvalue weighted by Crippen LogP contribution is -2.14. The van der Waals surface area contributed by atoms with Crippen molar-refractivity contribution in [3.05, 3.63) is 34.4 Å². The number of nitrogens with two attached hydrogens (primary N) is 1. The van der Waals surface area contributed by atoms with Crippen LogP contribution in [-0.2, 0) is 0 Å². The van der Waals surface area contributed by atoms with Crippen LogP contribution in [0.5, 0.6) is 11.6 Å². The normalized spacial score (nSPS) is 12.2. The first-order chi connectivity index (χ1) is 8.26. The summed E-state index contributed by atoms with van der Waals surface area (Å²) in [6, 6.07) is 1.54. The van der Waals surface area contributed by atoms with Crippen LogP contribution in [0, 0.1) is 0 Å². The summed E-state index contributed by atoms with van der Waals surface area (Å²) in [5, 5.41) is 1.90. The first-order valence-electron chi connectivity index (χ1n) is 4.99. The lowest BCUT2D eigenvalue weighted by molar-refractivity contribution is 0.387. The molecule has 0 bridgehead atoms. The fourth-order valence-corrected chi connectivity index (χ4v) is 2.30. The molecule has 0 amide bonds. The molecule has 0 fully saturated rings. The fraction of sp³-hybridized carbons (Fsp3) is 0.273. The molecule has 5 nitrogen and oxygen atoms in total. The molecule has 0 saturated carbocycles. The monoisotopic (exact) mass is 251 g/mol. The summed E-state index contributed by atoms with van der Waals surface area (Å²) in [5.41, 5.74) is 6.76. The van der Waals surface area contributed by atoms with Crippen molar-refractivity contribution in [2.75, 3.05) is 14.2 Å². The van der Waals surface area contributed by atoms with Gasteiger partial charge in [0.1, 0.15) is 11.4 Å². The molecule has 90 valence electrons. The lowest BCUT2D eigenvalue weighted by Gasteiger charge is -2.11. The van der Waals surface area contributed by atoms with Gasteiger partial charge in [0.25, 0.3) is 0 Å². The van der Waals surface area contributed by atoms with Crippen molar-refractivity contribution < 1.29 is 9.47 Å². The molecule has 2 heterocycles. The van der Waals surface area contributed by atoms with Gasteiger partial charge in [-0.05, 0) is 6.07 Å². The van der Waals surface area contributed by atoms with Crippen LogP contribution >= 0.6 is 11.3 Å². The molecule has 0 radical (unpaired) electrons. The third-order valence-corrected chi connectivity index (χ3v) is 3.31. The molecule has 6 heteroatoms. The van der Waals surface area contributed by atoms with Crippen LogP contribution in [0.2, 0.25) is 0 Å². The molecule has 2 aromatic heterocycles. The van der Waals surface area contributed by atoms with E-state index in [1.54, 1.807) is 26.6 Å². The van der Waals surface area contributed by atoms with E-state index >= 15 is 0 Å². The zero-order chi connectivity index (χ0) is 12.3. The van der Waals surface area contributed by atoms with Crippen LogP contribution in [0.15, 0.2) is 23.8 Å². The maximum Gasteiger partial charge on any atom is 0.237 e. The number of thiophene rings is 1. The van der Waals surface area contributed by atoms with Gasteiger partial charge in [-0.15, -0.1) is 11.3 Å². The number of nitrogens with zero attached hydrogens (tertiary/aromatic N) is 2. The largest absolute Gasteiger partial charge is 0.496 e. The van der Waals surface area contributed by atoms with Gasteiger partial charge in [0.05, 0.1) is 20.3 Å².